The molecule has 1 aromatic heterocycles. The van der Waals surface area contributed by atoms with E-state index in [-0.39, 0.29) is 30.0 Å². The number of thiazole rings is 1. The normalized spacial score (nSPS) is 14.6. The van der Waals surface area contributed by atoms with E-state index in [1.165, 1.54) is 18.4 Å². The summed E-state index contributed by atoms with van der Waals surface area (Å²) in [7, 11) is 1.31. The molecular formula is C23H21N3O4S. The SMILES string of the molecule is COC(=O)c1nc(NC(=O)C[C@H]2NC(=O)c3ccccc32)sc1CCc1ccccc1. The van der Waals surface area contributed by atoms with Gasteiger partial charge < -0.3 is 15.4 Å². The number of benzene rings is 2. The van der Waals surface area contributed by atoms with E-state index in [0.717, 1.165) is 22.4 Å². The predicted molar refractivity (Wildman–Crippen MR) is 117 cm³/mol. The van der Waals surface area contributed by atoms with Crippen molar-refractivity contribution in [1.29, 1.82) is 0 Å². The highest BCUT2D eigenvalue weighted by Crippen LogP contribution is 2.29. The number of hydrogen-bond acceptors (Lipinski definition) is 6. The second-order valence-corrected chi connectivity index (χ2v) is 8.22. The Kier molecular flexibility index (Phi) is 6.08. The Morgan fingerprint density at radius 1 is 1.10 bits per heavy atom. The van der Waals surface area contributed by atoms with Crippen LogP contribution in [0.5, 0.6) is 0 Å². The number of carbonyl (C=O) groups excluding carboxylic acids is 3. The summed E-state index contributed by atoms with van der Waals surface area (Å²) >= 11 is 1.26. The molecule has 0 radical (unpaired) electrons. The average Bonchev–Trinajstić information content (AvgIpc) is 3.33. The van der Waals surface area contributed by atoms with Gasteiger partial charge in [-0.1, -0.05) is 48.5 Å². The molecule has 3 aromatic rings. The van der Waals surface area contributed by atoms with Crippen molar-refractivity contribution in [3.63, 3.8) is 0 Å². The smallest absolute Gasteiger partial charge is 0.357 e. The second-order valence-electron chi connectivity index (χ2n) is 7.13. The number of nitrogens with zero attached hydrogens (tertiary/aromatic N) is 1. The van der Waals surface area contributed by atoms with E-state index >= 15 is 0 Å². The van der Waals surface area contributed by atoms with Gasteiger partial charge in [-0.25, -0.2) is 9.78 Å². The highest BCUT2D eigenvalue weighted by molar-refractivity contribution is 7.16. The average molecular weight is 436 g/mol. The lowest BCUT2D eigenvalue weighted by Gasteiger charge is -2.10. The largest absolute Gasteiger partial charge is 0.464 e. The predicted octanol–water partition coefficient (Wildman–Crippen LogP) is 3.53. The first-order valence-electron chi connectivity index (χ1n) is 9.86. The lowest BCUT2D eigenvalue weighted by Crippen LogP contribution is -2.24. The van der Waals surface area contributed by atoms with Gasteiger partial charge in [0.1, 0.15) is 0 Å². The minimum absolute atomic E-state index is 0.0786. The highest BCUT2D eigenvalue weighted by atomic mass is 32.1. The van der Waals surface area contributed by atoms with Crippen LogP contribution in [0.4, 0.5) is 5.13 Å². The van der Waals surface area contributed by atoms with Gasteiger partial charge in [-0.3, -0.25) is 9.59 Å². The summed E-state index contributed by atoms with van der Waals surface area (Å²) in [6, 6.07) is 16.8. The first-order chi connectivity index (χ1) is 15.0. The van der Waals surface area contributed by atoms with Gasteiger partial charge >= 0.3 is 5.97 Å². The zero-order valence-electron chi connectivity index (χ0n) is 16.9. The first kappa shape index (κ1) is 20.7. The molecule has 7 nitrogen and oxygen atoms in total. The Bertz CT molecular complexity index is 1130. The Labute approximate surface area is 183 Å². The third kappa shape index (κ3) is 4.64. The molecule has 0 fully saturated rings. The maximum absolute atomic E-state index is 12.6. The number of methoxy groups -OCH3 is 1. The Morgan fingerprint density at radius 3 is 2.61 bits per heavy atom. The second kappa shape index (κ2) is 9.09. The van der Waals surface area contributed by atoms with Gasteiger partial charge in [-0.15, -0.1) is 11.3 Å². The standard InChI is InChI=1S/C23H21N3O4S/c1-30-22(29)20-18(12-11-14-7-3-2-4-8-14)31-23(26-20)25-19(27)13-17-15-9-5-6-10-16(15)21(28)24-17/h2-10,17H,11-13H2,1H3,(H,24,28)(H,25,26,27)/t17-/m1/s1. The van der Waals surface area contributed by atoms with Gasteiger partial charge in [0, 0.05) is 10.4 Å². The molecule has 2 heterocycles. The molecular weight excluding hydrogens is 414 g/mol. The number of ether oxygens (including phenoxy) is 1. The van der Waals surface area contributed by atoms with Crippen molar-refractivity contribution in [2.24, 2.45) is 0 Å². The fourth-order valence-corrected chi connectivity index (χ4v) is 4.54. The maximum atomic E-state index is 12.6. The van der Waals surface area contributed by atoms with Crippen molar-refractivity contribution in [1.82, 2.24) is 10.3 Å². The molecule has 8 heteroatoms. The summed E-state index contributed by atoms with van der Waals surface area (Å²) in [5.74, 6) is -1.00. The number of fused-ring (bicyclic) bond motifs is 1. The van der Waals surface area contributed by atoms with Crippen molar-refractivity contribution in [3.8, 4) is 0 Å². The zero-order valence-corrected chi connectivity index (χ0v) is 17.7. The van der Waals surface area contributed by atoms with Crippen LogP contribution in [0.25, 0.3) is 0 Å². The Morgan fingerprint density at radius 2 is 1.84 bits per heavy atom. The van der Waals surface area contributed by atoms with E-state index in [1.54, 1.807) is 12.1 Å². The van der Waals surface area contributed by atoms with E-state index in [2.05, 4.69) is 15.6 Å². The molecule has 0 unspecified atom stereocenters. The summed E-state index contributed by atoms with van der Waals surface area (Å²) in [5.41, 5.74) is 2.76. The first-order valence-corrected chi connectivity index (χ1v) is 10.7. The van der Waals surface area contributed by atoms with Crippen molar-refractivity contribution in [2.75, 3.05) is 12.4 Å². The minimum atomic E-state index is -0.531. The van der Waals surface area contributed by atoms with E-state index in [1.807, 2.05) is 42.5 Å². The van der Waals surface area contributed by atoms with Gasteiger partial charge in [0.2, 0.25) is 5.91 Å². The summed E-state index contributed by atoms with van der Waals surface area (Å²) in [6.07, 6.45) is 1.43. The number of carbonyl (C=O) groups is 3. The molecule has 2 aromatic carbocycles. The summed E-state index contributed by atoms with van der Waals surface area (Å²) in [5, 5.41) is 5.93. The van der Waals surface area contributed by atoms with Crippen LogP contribution in [0.15, 0.2) is 54.6 Å². The molecule has 2 N–H and O–H groups in total. The molecule has 1 aliphatic heterocycles. The molecule has 0 saturated carbocycles. The fourth-order valence-electron chi connectivity index (χ4n) is 3.57. The van der Waals surface area contributed by atoms with Gasteiger partial charge in [0.05, 0.1) is 19.6 Å². The number of anilines is 1. The number of aromatic nitrogens is 1. The molecule has 0 saturated heterocycles. The van der Waals surface area contributed by atoms with E-state index < -0.39 is 5.97 Å². The molecule has 4 rings (SSSR count). The molecule has 158 valence electrons. The summed E-state index contributed by atoms with van der Waals surface area (Å²) in [6.45, 7) is 0. The van der Waals surface area contributed by atoms with Gasteiger partial charge in [0.25, 0.3) is 5.91 Å². The van der Waals surface area contributed by atoms with Gasteiger partial charge in [-0.05, 0) is 30.0 Å². The van der Waals surface area contributed by atoms with Crippen LogP contribution in [-0.4, -0.2) is 29.9 Å². The molecule has 2 amide bonds. The molecule has 31 heavy (non-hydrogen) atoms. The van der Waals surface area contributed by atoms with E-state index in [4.69, 9.17) is 4.74 Å². The van der Waals surface area contributed by atoms with Gasteiger partial charge in [0.15, 0.2) is 10.8 Å². The summed E-state index contributed by atoms with van der Waals surface area (Å²) < 4.78 is 4.85. The third-order valence-electron chi connectivity index (χ3n) is 5.08. The van der Waals surface area contributed by atoms with Crippen LogP contribution in [-0.2, 0) is 22.4 Å². The van der Waals surface area contributed by atoms with Crippen LogP contribution < -0.4 is 10.6 Å². The van der Waals surface area contributed by atoms with Crippen LogP contribution in [0.1, 0.15) is 49.3 Å². The van der Waals surface area contributed by atoms with E-state index in [9.17, 15) is 14.4 Å². The van der Waals surface area contributed by atoms with Crippen LogP contribution in [0.2, 0.25) is 0 Å². The van der Waals surface area contributed by atoms with Crippen LogP contribution >= 0.6 is 11.3 Å². The minimum Gasteiger partial charge on any atom is -0.464 e. The summed E-state index contributed by atoms with van der Waals surface area (Å²) in [4.78, 5) is 41.9. The lowest BCUT2D eigenvalue weighted by molar-refractivity contribution is -0.116. The number of aryl methyl sites for hydroxylation is 2. The van der Waals surface area contributed by atoms with Crippen molar-refractivity contribution < 1.29 is 19.1 Å². The van der Waals surface area contributed by atoms with Gasteiger partial charge in [-0.2, -0.15) is 0 Å². The zero-order chi connectivity index (χ0) is 21.8. The fraction of sp³-hybridized carbons (Fsp3) is 0.217. The van der Waals surface area contributed by atoms with Crippen LogP contribution in [0, 0.1) is 0 Å². The lowest BCUT2D eigenvalue weighted by atomic mass is 10.0. The van der Waals surface area contributed by atoms with Crippen molar-refractivity contribution in [3.05, 3.63) is 81.9 Å². The Balaban J connectivity index is 1.45. The van der Waals surface area contributed by atoms with Crippen molar-refractivity contribution >= 4 is 34.3 Å². The maximum Gasteiger partial charge on any atom is 0.357 e. The molecule has 0 aliphatic carbocycles. The number of amides is 2. The molecule has 1 atom stereocenters. The van der Waals surface area contributed by atoms with Crippen LogP contribution in [0.3, 0.4) is 0 Å². The Hall–Kier alpha value is -3.52. The number of rotatable bonds is 7. The van der Waals surface area contributed by atoms with E-state index in [0.29, 0.717) is 17.1 Å². The monoisotopic (exact) mass is 435 g/mol. The number of nitrogens with one attached hydrogen (secondary N) is 2. The highest BCUT2D eigenvalue weighted by Gasteiger charge is 2.30. The topological polar surface area (TPSA) is 97.4 Å². The number of esters is 1. The van der Waals surface area contributed by atoms with Crippen molar-refractivity contribution in [2.45, 2.75) is 25.3 Å². The molecule has 0 bridgehead atoms. The number of hydrogen-bond donors (Lipinski definition) is 2. The third-order valence-corrected chi connectivity index (χ3v) is 6.11. The quantitative estimate of drug-likeness (QED) is 0.554. The molecule has 0 spiro atoms. The molecule has 1 aliphatic rings.